The second-order valence-corrected chi connectivity index (χ2v) is 5.29. The molecule has 1 fully saturated rings. The van der Waals surface area contributed by atoms with Gasteiger partial charge in [-0.3, -0.25) is 0 Å². The summed E-state index contributed by atoms with van der Waals surface area (Å²) in [6.07, 6.45) is 3.25. The van der Waals surface area contributed by atoms with Crippen molar-refractivity contribution in [1.29, 1.82) is 0 Å². The molecule has 0 aliphatic carbocycles. The average Bonchev–Trinajstić information content (AvgIpc) is 2.43. The molecule has 0 atom stereocenters. The van der Waals surface area contributed by atoms with E-state index in [2.05, 4.69) is 26.1 Å². The van der Waals surface area contributed by atoms with Gasteiger partial charge in [0.25, 0.3) is 0 Å². The van der Waals surface area contributed by atoms with Gasteiger partial charge in [-0.15, -0.1) is 0 Å². The minimum atomic E-state index is 0.476. The van der Waals surface area contributed by atoms with Crippen LogP contribution in [0.25, 0.3) is 0 Å². The van der Waals surface area contributed by atoms with Crippen molar-refractivity contribution in [2.75, 3.05) is 19.8 Å². The Balaban J connectivity index is 2.11. The Hall–Kier alpha value is -1.00. The summed E-state index contributed by atoms with van der Waals surface area (Å²) in [7, 11) is 0. The number of ether oxygens (including phenoxy) is 1. The zero-order chi connectivity index (χ0) is 13.7. The fourth-order valence-electron chi connectivity index (χ4n) is 2.55. The van der Waals surface area contributed by atoms with E-state index in [1.807, 2.05) is 0 Å². The molecule has 1 N–H and O–H groups in total. The number of rotatable bonds is 5. The predicted octanol–water partition coefficient (Wildman–Crippen LogP) is 2.49. The monoisotopic (exact) mass is 263 g/mol. The Bertz CT molecular complexity index is 391. The highest BCUT2D eigenvalue weighted by atomic mass is 16.5. The van der Waals surface area contributed by atoms with Crippen LogP contribution in [-0.2, 0) is 11.3 Å². The van der Waals surface area contributed by atoms with Crippen molar-refractivity contribution < 1.29 is 4.74 Å². The molecule has 0 unspecified atom stereocenters. The highest BCUT2D eigenvalue weighted by molar-refractivity contribution is 5.25. The molecular weight excluding hydrogens is 238 g/mol. The lowest BCUT2D eigenvalue weighted by Crippen LogP contribution is -2.20. The lowest BCUT2D eigenvalue weighted by Gasteiger charge is -2.22. The summed E-state index contributed by atoms with van der Waals surface area (Å²) in [5.74, 6) is 1.49. The van der Waals surface area contributed by atoms with Crippen molar-refractivity contribution in [3.8, 4) is 0 Å². The second kappa shape index (κ2) is 6.96. The number of aromatic nitrogens is 2. The van der Waals surface area contributed by atoms with E-state index >= 15 is 0 Å². The molecular formula is C15H25N3O. The normalized spacial score (nSPS) is 16.8. The standard InChI is InChI=1S/C15H25N3O/c1-4-7-16-10-14-11(2)17-15(18-12(14)3)13-5-8-19-9-6-13/h13,16H,4-10H2,1-3H3. The van der Waals surface area contributed by atoms with E-state index < -0.39 is 0 Å². The molecule has 4 heteroatoms. The lowest BCUT2D eigenvalue weighted by molar-refractivity contribution is 0.0835. The largest absolute Gasteiger partial charge is 0.381 e. The summed E-state index contributed by atoms with van der Waals surface area (Å²) in [5, 5.41) is 3.43. The van der Waals surface area contributed by atoms with Crippen LogP contribution in [0.2, 0.25) is 0 Å². The maximum Gasteiger partial charge on any atom is 0.132 e. The molecule has 0 bridgehead atoms. The molecule has 0 radical (unpaired) electrons. The van der Waals surface area contributed by atoms with Crippen LogP contribution in [0.5, 0.6) is 0 Å². The number of aryl methyl sites for hydroxylation is 2. The first-order chi connectivity index (χ1) is 9.22. The van der Waals surface area contributed by atoms with Gasteiger partial charge in [0, 0.05) is 42.6 Å². The number of nitrogens with zero attached hydrogens (tertiary/aromatic N) is 2. The molecule has 0 saturated carbocycles. The summed E-state index contributed by atoms with van der Waals surface area (Å²) in [6, 6.07) is 0. The van der Waals surface area contributed by atoms with E-state index in [0.29, 0.717) is 5.92 Å². The number of hydrogen-bond acceptors (Lipinski definition) is 4. The molecule has 1 aromatic rings. The highest BCUT2D eigenvalue weighted by Gasteiger charge is 2.20. The molecule has 1 aliphatic rings. The predicted molar refractivity (Wildman–Crippen MR) is 76.3 cm³/mol. The number of hydrogen-bond donors (Lipinski definition) is 1. The van der Waals surface area contributed by atoms with Crippen molar-refractivity contribution in [3.63, 3.8) is 0 Å². The first kappa shape index (κ1) is 14.4. The molecule has 1 saturated heterocycles. The Kier molecular flexibility index (Phi) is 5.28. The van der Waals surface area contributed by atoms with Crippen LogP contribution in [0, 0.1) is 13.8 Å². The Morgan fingerprint density at radius 1 is 1.16 bits per heavy atom. The van der Waals surface area contributed by atoms with Crippen LogP contribution >= 0.6 is 0 Å². The lowest BCUT2D eigenvalue weighted by atomic mass is 9.98. The van der Waals surface area contributed by atoms with Crippen LogP contribution in [0.15, 0.2) is 0 Å². The van der Waals surface area contributed by atoms with Crippen LogP contribution in [-0.4, -0.2) is 29.7 Å². The summed E-state index contributed by atoms with van der Waals surface area (Å²) >= 11 is 0. The maximum atomic E-state index is 5.41. The van der Waals surface area contributed by atoms with Gasteiger partial charge in [-0.25, -0.2) is 9.97 Å². The molecule has 0 aromatic carbocycles. The molecule has 2 rings (SSSR count). The third-order valence-electron chi connectivity index (χ3n) is 3.75. The van der Waals surface area contributed by atoms with Crippen LogP contribution in [0.3, 0.4) is 0 Å². The van der Waals surface area contributed by atoms with Crippen LogP contribution in [0.1, 0.15) is 54.9 Å². The van der Waals surface area contributed by atoms with Gasteiger partial charge in [-0.2, -0.15) is 0 Å². The Morgan fingerprint density at radius 3 is 2.37 bits per heavy atom. The Labute approximate surface area is 116 Å². The van der Waals surface area contributed by atoms with E-state index in [-0.39, 0.29) is 0 Å². The van der Waals surface area contributed by atoms with Crippen molar-refractivity contribution in [3.05, 3.63) is 22.8 Å². The van der Waals surface area contributed by atoms with Crippen molar-refractivity contribution in [2.45, 2.75) is 52.5 Å². The quantitative estimate of drug-likeness (QED) is 0.829. The molecule has 4 nitrogen and oxygen atoms in total. The molecule has 19 heavy (non-hydrogen) atoms. The van der Waals surface area contributed by atoms with E-state index in [1.54, 1.807) is 0 Å². The van der Waals surface area contributed by atoms with Gasteiger partial charge >= 0.3 is 0 Å². The van der Waals surface area contributed by atoms with Gasteiger partial charge in [-0.05, 0) is 39.7 Å². The summed E-state index contributed by atoms with van der Waals surface area (Å²) < 4.78 is 5.41. The minimum absolute atomic E-state index is 0.476. The molecule has 0 amide bonds. The first-order valence-corrected chi connectivity index (χ1v) is 7.34. The summed E-state index contributed by atoms with van der Waals surface area (Å²) in [5.41, 5.74) is 3.50. The fraction of sp³-hybridized carbons (Fsp3) is 0.733. The Morgan fingerprint density at radius 2 is 1.79 bits per heavy atom. The average molecular weight is 263 g/mol. The molecule has 0 spiro atoms. The summed E-state index contributed by atoms with van der Waals surface area (Å²) in [6.45, 7) is 9.97. The van der Waals surface area contributed by atoms with Crippen molar-refractivity contribution in [2.24, 2.45) is 0 Å². The van der Waals surface area contributed by atoms with E-state index in [9.17, 15) is 0 Å². The van der Waals surface area contributed by atoms with E-state index in [1.165, 1.54) is 5.56 Å². The SMILES string of the molecule is CCCNCc1c(C)nc(C2CCOCC2)nc1C. The smallest absolute Gasteiger partial charge is 0.132 e. The highest BCUT2D eigenvalue weighted by Crippen LogP contribution is 2.25. The maximum absolute atomic E-state index is 5.41. The van der Waals surface area contributed by atoms with Crippen molar-refractivity contribution in [1.82, 2.24) is 15.3 Å². The van der Waals surface area contributed by atoms with Gasteiger partial charge in [0.2, 0.25) is 0 Å². The van der Waals surface area contributed by atoms with E-state index in [4.69, 9.17) is 14.7 Å². The van der Waals surface area contributed by atoms with Gasteiger partial charge in [-0.1, -0.05) is 6.92 Å². The molecule has 1 aromatic heterocycles. The van der Waals surface area contributed by atoms with Gasteiger partial charge in [0.05, 0.1) is 0 Å². The first-order valence-electron chi connectivity index (χ1n) is 7.34. The minimum Gasteiger partial charge on any atom is -0.381 e. The number of nitrogens with one attached hydrogen (secondary N) is 1. The molecule has 106 valence electrons. The molecule has 1 aliphatic heterocycles. The topological polar surface area (TPSA) is 47.0 Å². The fourth-order valence-corrected chi connectivity index (χ4v) is 2.55. The van der Waals surface area contributed by atoms with Crippen LogP contribution < -0.4 is 5.32 Å². The van der Waals surface area contributed by atoms with Crippen molar-refractivity contribution >= 4 is 0 Å². The third-order valence-corrected chi connectivity index (χ3v) is 3.75. The van der Waals surface area contributed by atoms with Gasteiger partial charge in [0.15, 0.2) is 0 Å². The third kappa shape index (κ3) is 3.74. The van der Waals surface area contributed by atoms with E-state index in [0.717, 1.165) is 62.8 Å². The molecule has 2 heterocycles. The van der Waals surface area contributed by atoms with Crippen LogP contribution in [0.4, 0.5) is 0 Å². The summed E-state index contributed by atoms with van der Waals surface area (Å²) in [4.78, 5) is 9.46. The second-order valence-electron chi connectivity index (χ2n) is 5.29. The van der Waals surface area contributed by atoms with Gasteiger partial charge < -0.3 is 10.1 Å². The zero-order valence-electron chi connectivity index (χ0n) is 12.3. The van der Waals surface area contributed by atoms with Gasteiger partial charge in [0.1, 0.15) is 5.82 Å². The zero-order valence-corrected chi connectivity index (χ0v) is 12.3.